The number of pyridine rings is 1. The minimum Gasteiger partial charge on any atom is -0.443 e. The predicted molar refractivity (Wildman–Crippen MR) is 63.9 cm³/mol. The molecule has 0 aromatic carbocycles. The molecule has 0 atom stereocenters. The molecule has 0 spiro atoms. The van der Waals surface area contributed by atoms with Crippen molar-refractivity contribution in [2.45, 2.75) is 26.4 Å². The number of aromatic nitrogens is 1. The molecule has 0 saturated heterocycles. The highest BCUT2D eigenvalue weighted by Gasteiger charge is 2.15. The van der Waals surface area contributed by atoms with E-state index < -0.39 is 16.6 Å². The van der Waals surface area contributed by atoms with Crippen LogP contribution in [0.5, 0.6) is 0 Å². The van der Waals surface area contributed by atoms with Crippen molar-refractivity contribution in [2.75, 3.05) is 5.43 Å². The normalized spacial score (nSPS) is 10.6. The molecule has 18 heavy (non-hydrogen) atoms. The molecule has 1 amide bonds. The Balaban J connectivity index is 2.49. The lowest BCUT2D eigenvalue weighted by Gasteiger charge is -2.19. The molecule has 0 bridgehead atoms. The zero-order chi connectivity index (χ0) is 13.8. The predicted octanol–water partition coefficient (Wildman–Crippen LogP) is 1.84. The summed E-state index contributed by atoms with van der Waals surface area (Å²) in [6.45, 7) is 5.20. The van der Waals surface area contributed by atoms with E-state index in [1.165, 1.54) is 12.1 Å². The minimum atomic E-state index is -0.664. The number of carbonyl (C=O) groups is 1. The van der Waals surface area contributed by atoms with Crippen molar-refractivity contribution in [3.63, 3.8) is 0 Å². The number of nitro groups is 1. The fourth-order valence-corrected chi connectivity index (χ4v) is 0.987. The molecule has 1 heterocycles. The smallest absolute Gasteiger partial charge is 0.426 e. The maximum atomic E-state index is 11.3. The topological polar surface area (TPSA) is 106 Å². The van der Waals surface area contributed by atoms with E-state index in [0.29, 0.717) is 0 Å². The van der Waals surface area contributed by atoms with E-state index in [1.807, 2.05) is 0 Å². The van der Waals surface area contributed by atoms with Crippen molar-refractivity contribution in [3.05, 3.63) is 28.4 Å². The molecule has 8 nitrogen and oxygen atoms in total. The number of amides is 1. The SMILES string of the molecule is CC(C)(C)OC(=O)NNc1ccc([N+](=O)[O-])cn1. The molecule has 0 unspecified atom stereocenters. The molecule has 0 aliphatic rings. The summed E-state index contributed by atoms with van der Waals surface area (Å²) < 4.78 is 4.97. The molecule has 1 rings (SSSR count). The summed E-state index contributed by atoms with van der Waals surface area (Å²) in [6, 6.07) is 2.64. The molecule has 1 aromatic heterocycles. The van der Waals surface area contributed by atoms with Crippen LogP contribution < -0.4 is 10.9 Å². The van der Waals surface area contributed by atoms with Gasteiger partial charge in [0.1, 0.15) is 17.6 Å². The van der Waals surface area contributed by atoms with E-state index in [-0.39, 0.29) is 11.5 Å². The van der Waals surface area contributed by atoms with Gasteiger partial charge in [0.2, 0.25) is 0 Å². The average Bonchev–Trinajstić information content (AvgIpc) is 2.24. The number of nitrogens with one attached hydrogen (secondary N) is 2. The third kappa shape index (κ3) is 4.64. The van der Waals surface area contributed by atoms with Crippen LogP contribution >= 0.6 is 0 Å². The number of rotatable bonds is 3. The Labute approximate surface area is 103 Å². The number of ether oxygens (including phenoxy) is 1. The van der Waals surface area contributed by atoms with Gasteiger partial charge >= 0.3 is 6.09 Å². The van der Waals surface area contributed by atoms with E-state index in [1.54, 1.807) is 20.8 Å². The van der Waals surface area contributed by atoms with Crippen molar-refractivity contribution in [1.82, 2.24) is 10.4 Å². The Bertz CT molecular complexity index is 438. The molecule has 0 aliphatic carbocycles. The van der Waals surface area contributed by atoms with Crippen molar-refractivity contribution >= 4 is 17.6 Å². The van der Waals surface area contributed by atoms with Crippen LogP contribution in [0.3, 0.4) is 0 Å². The van der Waals surface area contributed by atoms with Gasteiger partial charge in [-0.05, 0) is 26.8 Å². The summed E-state index contributed by atoms with van der Waals surface area (Å²) >= 11 is 0. The number of carbonyl (C=O) groups excluding carboxylic acids is 1. The van der Waals surface area contributed by atoms with Gasteiger partial charge in [-0.2, -0.15) is 0 Å². The van der Waals surface area contributed by atoms with Gasteiger partial charge in [0.25, 0.3) is 5.69 Å². The minimum absolute atomic E-state index is 0.127. The number of hydrogen-bond donors (Lipinski definition) is 2. The molecule has 1 aromatic rings. The van der Waals surface area contributed by atoms with E-state index in [9.17, 15) is 14.9 Å². The third-order valence-electron chi connectivity index (χ3n) is 1.65. The van der Waals surface area contributed by atoms with Crippen molar-refractivity contribution in [2.24, 2.45) is 0 Å². The highest BCUT2D eigenvalue weighted by Crippen LogP contribution is 2.11. The average molecular weight is 254 g/mol. The summed E-state index contributed by atoms with van der Waals surface area (Å²) in [4.78, 5) is 24.9. The standard InChI is InChI=1S/C10H14N4O4/c1-10(2,3)18-9(15)13-12-8-5-4-7(6-11-8)14(16)17/h4-6H,1-3H3,(H,11,12)(H,13,15). The van der Waals surface area contributed by atoms with Crippen LogP contribution in [0, 0.1) is 10.1 Å². The monoisotopic (exact) mass is 254 g/mol. The van der Waals surface area contributed by atoms with E-state index in [4.69, 9.17) is 4.74 Å². The maximum absolute atomic E-state index is 11.3. The zero-order valence-electron chi connectivity index (χ0n) is 10.3. The number of nitrogens with zero attached hydrogens (tertiary/aromatic N) is 2. The van der Waals surface area contributed by atoms with Gasteiger partial charge in [-0.25, -0.2) is 15.2 Å². The molecule has 8 heteroatoms. The van der Waals surface area contributed by atoms with Crippen LogP contribution in [-0.2, 0) is 4.74 Å². The van der Waals surface area contributed by atoms with Crippen LogP contribution in [0.1, 0.15) is 20.8 Å². The van der Waals surface area contributed by atoms with E-state index in [0.717, 1.165) is 6.20 Å². The highest BCUT2D eigenvalue weighted by molar-refractivity contribution is 5.69. The molecule has 0 radical (unpaired) electrons. The van der Waals surface area contributed by atoms with Crippen LogP contribution in [0.15, 0.2) is 18.3 Å². The first-order chi connectivity index (χ1) is 8.28. The van der Waals surface area contributed by atoms with Gasteiger partial charge in [-0.1, -0.05) is 0 Å². The molecule has 0 aliphatic heterocycles. The Hall–Kier alpha value is -2.38. The van der Waals surface area contributed by atoms with Crippen LogP contribution in [-0.4, -0.2) is 21.6 Å². The van der Waals surface area contributed by atoms with Crippen LogP contribution in [0.2, 0.25) is 0 Å². The number of anilines is 1. The Morgan fingerprint density at radius 1 is 1.44 bits per heavy atom. The van der Waals surface area contributed by atoms with Gasteiger partial charge in [0.15, 0.2) is 0 Å². The Kier molecular flexibility index (Phi) is 4.03. The first kappa shape index (κ1) is 13.7. The molecule has 98 valence electrons. The lowest BCUT2D eigenvalue weighted by atomic mass is 10.2. The summed E-state index contributed by atoms with van der Waals surface area (Å²) in [5, 5.41) is 10.4. The second kappa shape index (κ2) is 5.30. The molecular formula is C10H14N4O4. The fourth-order valence-electron chi connectivity index (χ4n) is 0.987. The lowest BCUT2D eigenvalue weighted by Crippen LogP contribution is -2.36. The molecular weight excluding hydrogens is 240 g/mol. The first-order valence-corrected chi connectivity index (χ1v) is 5.13. The number of hydrazine groups is 1. The second-order valence-electron chi connectivity index (χ2n) is 4.41. The maximum Gasteiger partial charge on any atom is 0.426 e. The van der Waals surface area contributed by atoms with E-state index in [2.05, 4.69) is 15.8 Å². The van der Waals surface area contributed by atoms with Crippen LogP contribution in [0.4, 0.5) is 16.3 Å². The summed E-state index contributed by atoms with van der Waals surface area (Å²) in [5.74, 6) is 0.270. The number of hydrogen-bond acceptors (Lipinski definition) is 6. The largest absolute Gasteiger partial charge is 0.443 e. The second-order valence-corrected chi connectivity index (χ2v) is 4.41. The highest BCUT2D eigenvalue weighted by atomic mass is 16.6. The lowest BCUT2D eigenvalue weighted by molar-refractivity contribution is -0.385. The van der Waals surface area contributed by atoms with Gasteiger partial charge < -0.3 is 4.74 Å². The summed E-state index contributed by atoms with van der Waals surface area (Å²) in [5.41, 5.74) is 4.01. The van der Waals surface area contributed by atoms with Gasteiger partial charge in [-0.3, -0.25) is 15.5 Å². The Morgan fingerprint density at radius 2 is 2.11 bits per heavy atom. The summed E-state index contributed by atoms with van der Waals surface area (Å²) in [6.07, 6.45) is 0.418. The van der Waals surface area contributed by atoms with Gasteiger partial charge in [0.05, 0.1) is 4.92 Å². The molecule has 0 fully saturated rings. The first-order valence-electron chi connectivity index (χ1n) is 5.13. The zero-order valence-corrected chi connectivity index (χ0v) is 10.3. The quantitative estimate of drug-likeness (QED) is 0.629. The van der Waals surface area contributed by atoms with Gasteiger partial charge in [0, 0.05) is 6.07 Å². The third-order valence-corrected chi connectivity index (χ3v) is 1.65. The van der Waals surface area contributed by atoms with Crippen molar-refractivity contribution < 1.29 is 14.5 Å². The van der Waals surface area contributed by atoms with Gasteiger partial charge in [-0.15, -0.1) is 0 Å². The summed E-state index contributed by atoms with van der Waals surface area (Å²) in [7, 11) is 0. The van der Waals surface area contributed by atoms with Crippen LogP contribution in [0.25, 0.3) is 0 Å². The Morgan fingerprint density at radius 3 is 2.56 bits per heavy atom. The molecule has 2 N–H and O–H groups in total. The van der Waals surface area contributed by atoms with E-state index >= 15 is 0 Å². The van der Waals surface area contributed by atoms with Crippen molar-refractivity contribution in [3.8, 4) is 0 Å². The molecule has 0 saturated carbocycles. The van der Waals surface area contributed by atoms with Crippen molar-refractivity contribution in [1.29, 1.82) is 0 Å². The fraction of sp³-hybridized carbons (Fsp3) is 0.400.